The molecule has 0 amide bonds. The minimum atomic E-state index is -1.10. The Morgan fingerprint density at radius 2 is 1.75 bits per heavy atom. The smallest absolute Gasteiger partial charge is 0.146 e. The number of pyridine rings is 1. The maximum absolute atomic E-state index is 6.27. The molecule has 0 saturated heterocycles. The lowest BCUT2D eigenvalue weighted by molar-refractivity contribution is 0.0899. The zero-order valence-corrected chi connectivity index (χ0v) is 19.0. The van der Waals surface area contributed by atoms with Crippen molar-refractivity contribution in [1.82, 2.24) is 9.55 Å². The van der Waals surface area contributed by atoms with Gasteiger partial charge in [-0.15, -0.1) is 0 Å². The second-order valence-corrected chi connectivity index (χ2v) is 15.1. The third-order valence-corrected chi connectivity index (χ3v) is 6.15. The molecule has 0 aliphatic carbocycles. The van der Waals surface area contributed by atoms with E-state index in [2.05, 4.69) is 80.4 Å². The maximum atomic E-state index is 6.27. The van der Waals surface area contributed by atoms with Gasteiger partial charge in [-0.1, -0.05) is 50.0 Å². The summed E-state index contributed by atoms with van der Waals surface area (Å²) in [5.74, 6) is 0.859. The lowest BCUT2D eigenvalue weighted by Crippen LogP contribution is -2.23. The van der Waals surface area contributed by atoms with Crippen LogP contribution in [0.15, 0.2) is 48.8 Å². The molecule has 0 aliphatic heterocycles. The molecule has 28 heavy (non-hydrogen) atoms. The van der Waals surface area contributed by atoms with Crippen LogP contribution in [0.1, 0.15) is 20.8 Å². The summed E-state index contributed by atoms with van der Waals surface area (Å²) in [6.07, 6.45) is 3.95. The molecule has 4 nitrogen and oxygen atoms in total. The zero-order valence-electron chi connectivity index (χ0n) is 18.0. The second kappa shape index (κ2) is 8.09. The Hall–Kier alpha value is -2.11. The van der Waals surface area contributed by atoms with Gasteiger partial charge in [0.25, 0.3) is 0 Å². The van der Waals surface area contributed by atoms with Crippen molar-refractivity contribution in [3.05, 3.63) is 48.8 Å². The fourth-order valence-corrected chi connectivity index (χ4v) is 3.83. The summed E-state index contributed by atoms with van der Waals surface area (Å²) < 4.78 is 14.4. The van der Waals surface area contributed by atoms with E-state index in [9.17, 15) is 0 Å². The van der Waals surface area contributed by atoms with Crippen LogP contribution in [0.25, 0.3) is 22.2 Å². The molecule has 0 atom stereocenters. The van der Waals surface area contributed by atoms with Crippen LogP contribution < -0.4 is 4.74 Å². The Balaban J connectivity index is 2.00. The van der Waals surface area contributed by atoms with Crippen molar-refractivity contribution in [3.63, 3.8) is 0 Å². The van der Waals surface area contributed by atoms with E-state index in [1.165, 1.54) is 0 Å². The van der Waals surface area contributed by atoms with Gasteiger partial charge in [0.15, 0.2) is 0 Å². The predicted molar refractivity (Wildman–Crippen MR) is 120 cm³/mol. The first-order valence-corrected chi connectivity index (χ1v) is 13.6. The number of aromatic nitrogens is 2. The van der Waals surface area contributed by atoms with Crippen LogP contribution in [0, 0.1) is 0 Å². The topological polar surface area (TPSA) is 36.3 Å². The summed E-state index contributed by atoms with van der Waals surface area (Å²) in [5, 5.41) is 1.04. The molecule has 5 heteroatoms. The molecule has 0 saturated carbocycles. The molecule has 2 heterocycles. The van der Waals surface area contributed by atoms with Crippen LogP contribution >= 0.6 is 0 Å². The largest absolute Gasteiger partial charge is 0.487 e. The molecule has 0 bridgehead atoms. The summed E-state index contributed by atoms with van der Waals surface area (Å²) in [7, 11) is -1.10. The molecule has 0 unspecified atom stereocenters. The quantitative estimate of drug-likeness (QED) is 0.353. The van der Waals surface area contributed by atoms with Crippen LogP contribution in [0.2, 0.25) is 25.7 Å². The molecule has 0 aliphatic rings. The first-order chi connectivity index (χ1) is 13.1. The van der Waals surface area contributed by atoms with Crippen LogP contribution in [-0.2, 0) is 11.5 Å². The highest BCUT2D eigenvalue weighted by molar-refractivity contribution is 6.76. The van der Waals surface area contributed by atoms with E-state index in [-0.39, 0.29) is 5.60 Å². The van der Waals surface area contributed by atoms with Gasteiger partial charge in [-0.05, 0) is 38.4 Å². The van der Waals surface area contributed by atoms with E-state index >= 15 is 0 Å². The molecule has 3 aromatic rings. The third kappa shape index (κ3) is 5.24. The van der Waals surface area contributed by atoms with Gasteiger partial charge in [-0.25, -0.2) is 4.98 Å². The number of hydrogen-bond donors (Lipinski definition) is 0. The Labute approximate surface area is 169 Å². The second-order valence-electron chi connectivity index (χ2n) is 9.45. The van der Waals surface area contributed by atoms with Gasteiger partial charge in [-0.3, -0.25) is 0 Å². The summed E-state index contributed by atoms with van der Waals surface area (Å²) >= 11 is 0. The van der Waals surface area contributed by atoms with Crippen LogP contribution in [0.5, 0.6) is 5.75 Å². The number of benzene rings is 1. The number of rotatable bonds is 7. The molecule has 3 rings (SSSR count). The Morgan fingerprint density at radius 1 is 1.04 bits per heavy atom. The van der Waals surface area contributed by atoms with Crippen molar-refractivity contribution in [2.24, 2.45) is 0 Å². The zero-order chi connectivity index (χ0) is 20.4. The average molecular weight is 397 g/mol. The Morgan fingerprint density at radius 3 is 2.39 bits per heavy atom. The van der Waals surface area contributed by atoms with Gasteiger partial charge in [0.2, 0.25) is 0 Å². The highest BCUT2D eigenvalue weighted by atomic mass is 28.3. The van der Waals surface area contributed by atoms with E-state index in [0.29, 0.717) is 6.73 Å². The minimum Gasteiger partial charge on any atom is -0.487 e. The Kier molecular flexibility index (Phi) is 5.96. The predicted octanol–water partition coefficient (Wildman–Crippen LogP) is 6.19. The Bertz CT molecular complexity index is 921. The van der Waals surface area contributed by atoms with Crippen LogP contribution in [0.3, 0.4) is 0 Å². The van der Waals surface area contributed by atoms with E-state index in [1.54, 1.807) is 0 Å². The molecule has 1 aromatic carbocycles. The number of nitrogens with zero attached hydrogens (tertiary/aromatic N) is 2. The van der Waals surface area contributed by atoms with Crippen molar-refractivity contribution < 1.29 is 9.47 Å². The van der Waals surface area contributed by atoms with Gasteiger partial charge in [0, 0.05) is 32.6 Å². The molecule has 150 valence electrons. The van der Waals surface area contributed by atoms with Gasteiger partial charge in [0.05, 0.1) is 5.39 Å². The van der Waals surface area contributed by atoms with Crippen LogP contribution in [0.4, 0.5) is 0 Å². The fraction of sp³-hybridized carbons (Fsp3) is 0.435. The molecule has 0 N–H and O–H groups in total. The van der Waals surface area contributed by atoms with Gasteiger partial charge < -0.3 is 14.0 Å². The number of ether oxygens (including phenoxy) is 2. The first-order valence-electron chi connectivity index (χ1n) is 9.94. The van der Waals surface area contributed by atoms with Gasteiger partial charge >= 0.3 is 0 Å². The SMILES string of the molecule is CC(C)(C)Oc1ccnc2c1c(-c1ccccc1)cn2COCC[Si](C)(C)C. The molecule has 0 radical (unpaired) electrons. The highest BCUT2D eigenvalue weighted by Crippen LogP contribution is 2.37. The lowest BCUT2D eigenvalue weighted by atomic mass is 10.1. The van der Waals surface area contributed by atoms with Crippen molar-refractivity contribution in [2.45, 2.75) is 58.8 Å². The van der Waals surface area contributed by atoms with E-state index in [4.69, 9.17) is 9.47 Å². The van der Waals surface area contributed by atoms with Gasteiger partial charge in [-0.2, -0.15) is 0 Å². The molecular formula is C23H32N2O2Si. The first kappa shape index (κ1) is 20.6. The minimum absolute atomic E-state index is 0.280. The molecule has 2 aromatic heterocycles. The van der Waals surface area contributed by atoms with Crippen LogP contribution in [-0.4, -0.2) is 29.8 Å². The standard InChI is InChI=1S/C23H32N2O2Si/c1-23(2,3)27-20-12-13-24-22-21(20)19(18-10-8-7-9-11-18)16-25(22)17-26-14-15-28(4,5)6/h7-13,16H,14-15,17H2,1-6H3. The number of hydrogen-bond acceptors (Lipinski definition) is 3. The highest BCUT2D eigenvalue weighted by Gasteiger charge is 2.20. The van der Waals surface area contributed by atoms with Crippen molar-refractivity contribution in [2.75, 3.05) is 6.61 Å². The normalized spacial score (nSPS) is 12.5. The fourth-order valence-electron chi connectivity index (χ4n) is 3.08. The van der Waals surface area contributed by atoms with E-state index in [0.717, 1.165) is 40.6 Å². The van der Waals surface area contributed by atoms with Crippen molar-refractivity contribution >= 4 is 19.1 Å². The molecule has 0 fully saturated rings. The summed E-state index contributed by atoms with van der Waals surface area (Å²) in [5.41, 5.74) is 2.89. The molecular weight excluding hydrogens is 364 g/mol. The number of fused-ring (bicyclic) bond motifs is 1. The van der Waals surface area contributed by atoms with E-state index in [1.807, 2.05) is 18.3 Å². The van der Waals surface area contributed by atoms with Crippen molar-refractivity contribution in [1.29, 1.82) is 0 Å². The van der Waals surface area contributed by atoms with Gasteiger partial charge in [0.1, 0.15) is 23.7 Å². The summed E-state index contributed by atoms with van der Waals surface area (Å²) in [4.78, 5) is 4.66. The summed E-state index contributed by atoms with van der Waals surface area (Å²) in [6, 6.07) is 13.5. The maximum Gasteiger partial charge on any atom is 0.146 e. The van der Waals surface area contributed by atoms with E-state index < -0.39 is 8.07 Å². The lowest BCUT2D eigenvalue weighted by Gasteiger charge is -2.22. The monoisotopic (exact) mass is 396 g/mol. The summed E-state index contributed by atoms with van der Waals surface area (Å²) in [6.45, 7) is 14.6. The average Bonchev–Trinajstić information content (AvgIpc) is 2.97. The molecule has 0 spiro atoms. The van der Waals surface area contributed by atoms with Crippen molar-refractivity contribution in [3.8, 4) is 16.9 Å². The third-order valence-electron chi connectivity index (χ3n) is 4.45.